The number of sulfonamides is 1. The Labute approximate surface area is 159 Å². The van der Waals surface area contributed by atoms with Crippen LogP contribution in [0.5, 0.6) is 0 Å². The van der Waals surface area contributed by atoms with Gasteiger partial charge in [-0.25, -0.2) is 13.2 Å². The summed E-state index contributed by atoms with van der Waals surface area (Å²) in [6.07, 6.45) is 0.586. The molecule has 2 amide bonds. The topological polar surface area (TPSA) is 79.4 Å². The molecule has 1 aromatic rings. The van der Waals surface area contributed by atoms with E-state index in [9.17, 15) is 13.2 Å². The first-order valence-corrected chi connectivity index (χ1v) is 10.7. The molecule has 0 unspecified atom stereocenters. The van der Waals surface area contributed by atoms with Crippen molar-refractivity contribution in [2.45, 2.75) is 16.9 Å². The van der Waals surface area contributed by atoms with E-state index >= 15 is 0 Å². The van der Waals surface area contributed by atoms with Crippen molar-refractivity contribution in [2.24, 2.45) is 0 Å². The first-order valence-electron chi connectivity index (χ1n) is 9.23. The number of likely N-dealkylation sites (tertiary alicyclic amines) is 1. The Morgan fingerprint density at radius 3 is 2.67 bits per heavy atom. The van der Waals surface area contributed by atoms with Gasteiger partial charge in [-0.3, -0.25) is 0 Å². The Bertz CT molecular complexity index is 824. The number of morpholine rings is 1. The first kappa shape index (κ1) is 18.7. The molecule has 27 heavy (non-hydrogen) atoms. The van der Waals surface area contributed by atoms with Gasteiger partial charge < -0.3 is 19.3 Å². The van der Waals surface area contributed by atoms with Crippen molar-refractivity contribution in [1.29, 1.82) is 0 Å². The van der Waals surface area contributed by atoms with Crippen molar-refractivity contribution in [2.75, 3.05) is 59.7 Å². The maximum absolute atomic E-state index is 13.2. The molecule has 0 radical (unpaired) electrons. The number of amides is 2. The van der Waals surface area contributed by atoms with Crippen LogP contribution in [0.25, 0.3) is 0 Å². The molecule has 0 N–H and O–H groups in total. The Hall–Kier alpha value is -1.68. The molecular formula is C18H25N3O5S. The molecule has 1 spiro atoms. The average molecular weight is 395 g/mol. The SMILES string of the molecule is COCCN1[C@]2(CCN(C(=O)N3CCOCC3)C2)c2ccccc2S1(=O)=O. The van der Waals surface area contributed by atoms with Gasteiger partial charge in [0.2, 0.25) is 10.0 Å². The third-order valence-electron chi connectivity index (χ3n) is 5.73. The summed E-state index contributed by atoms with van der Waals surface area (Å²) in [7, 11) is -2.04. The fourth-order valence-electron chi connectivity index (χ4n) is 4.40. The van der Waals surface area contributed by atoms with E-state index in [0.717, 1.165) is 5.56 Å². The number of fused-ring (bicyclic) bond motifs is 2. The van der Waals surface area contributed by atoms with Crippen molar-refractivity contribution in [3.05, 3.63) is 29.8 Å². The average Bonchev–Trinajstić information content (AvgIpc) is 3.21. The van der Waals surface area contributed by atoms with Gasteiger partial charge in [0.1, 0.15) is 0 Å². The van der Waals surface area contributed by atoms with Gasteiger partial charge >= 0.3 is 6.03 Å². The normalized spacial score (nSPS) is 27.3. The van der Waals surface area contributed by atoms with Gasteiger partial charge in [-0.05, 0) is 18.1 Å². The minimum Gasteiger partial charge on any atom is -0.383 e. The zero-order chi connectivity index (χ0) is 19.1. The zero-order valence-electron chi connectivity index (χ0n) is 15.5. The molecule has 0 aliphatic carbocycles. The lowest BCUT2D eigenvalue weighted by Crippen LogP contribution is -2.51. The van der Waals surface area contributed by atoms with E-state index in [4.69, 9.17) is 9.47 Å². The molecule has 148 valence electrons. The molecule has 9 heteroatoms. The molecule has 3 aliphatic heterocycles. The first-order chi connectivity index (χ1) is 13.0. The number of nitrogens with zero attached hydrogens (tertiary/aromatic N) is 3. The third kappa shape index (κ3) is 2.93. The van der Waals surface area contributed by atoms with Gasteiger partial charge in [0, 0.05) is 39.8 Å². The van der Waals surface area contributed by atoms with Crippen molar-refractivity contribution < 1.29 is 22.7 Å². The third-order valence-corrected chi connectivity index (χ3v) is 7.76. The van der Waals surface area contributed by atoms with Gasteiger partial charge in [-0.1, -0.05) is 18.2 Å². The number of hydrogen-bond acceptors (Lipinski definition) is 5. The summed E-state index contributed by atoms with van der Waals surface area (Å²) in [5.74, 6) is 0. The lowest BCUT2D eigenvalue weighted by atomic mass is 9.89. The summed E-state index contributed by atoms with van der Waals surface area (Å²) in [6, 6.07) is 7.11. The highest BCUT2D eigenvalue weighted by atomic mass is 32.2. The van der Waals surface area contributed by atoms with Crippen LogP contribution in [0, 0.1) is 0 Å². The van der Waals surface area contributed by atoms with Crippen molar-refractivity contribution in [3.63, 3.8) is 0 Å². The van der Waals surface area contributed by atoms with Crippen LogP contribution in [0.4, 0.5) is 4.79 Å². The van der Waals surface area contributed by atoms with Gasteiger partial charge in [0.15, 0.2) is 0 Å². The predicted octanol–water partition coefficient (Wildman–Crippen LogP) is 0.691. The van der Waals surface area contributed by atoms with E-state index in [1.165, 1.54) is 0 Å². The molecule has 0 saturated carbocycles. The van der Waals surface area contributed by atoms with Crippen LogP contribution in [0.2, 0.25) is 0 Å². The molecule has 0 aromatic heterocycles. The number of benzene rings is 1. The number of ether oxygens (including phenoxy) is 2. The highest BCUT2D eigenvalue weighted by Gasteiger charge is 2.57. The maximum atomic E-state index is 13.2. The second-order valence-electron chi connectivity index (χ2n) is 7.15. The highest BCUT2D eigenvalue weighted by molar-refractivity contribution is 7.89. The summed E-state index contributed by atoms with van der Waals surface area (Å²) in [5.41, 5.74) is 0.0778. The van der Waals surface area contributed by atoms with Crippen molar-refractivity contribution >= 4 is 16.1 Å². The zero-order valence-corrected chi connectivity index (χ0v) is 16.3. The smallest absolute Gasteiger partial charge is 0.320 e. The summed E-state index contributed by atoms with van der Waals surface area (Å²) >= 11 is 0. The molecule has 1 atom stereocenters. The van der Waals surface area contributed by atoms with E-state index in [2.05, 4.69) is 0 Å². The summed E-state index contributed by atoms with van der Waals surface area (Å²) in [4.78, 5) is 16.9. The van der Waals surface area contributed by atoms with Crippen LogP contribution in [0.3, 0.4) is 0 Å². The highest BCUT2D eigenvalue weighted by Crippen LogP contribution is 2.49. The second kappa shape index (κ2) is 7.05. The summed E-state index contributed by atoms with van der Waals surface area (Å²) in [6.45, 7) is 3.71. The number of carbonyl (C=O) groups excluding carboxylic acids is 1. The van der Waals surface area contributed by atoms with Crippen LogP contribution >= 0.6 is 0 Å². The van der Waals surface area contributed by atoms with Gasteiger partial charge in [-0.2, -0.15) is 4.31 Å². The van der Waals surface area contributed by atoms with Crippen LogP contribution in [-0.4, -0.2) is 88.2 Å². The van der Waals surface area contributed by atoms with E-state index in [-0.39, 0.29) is 12.6 Å². The molecule has 1 aromatic carbocycles. The minimum atomic E-state index is -3.60. The molecule has 0 bridgehead atoms. The van der Waals surface area contributed by atoms with Crippen LogP contribution in [0.1, 0.15) is 12.0 Å². The Morgan fingerprint density at radius 1 is 1.19 bits per heavy atom. The van der Waals surface area contributed by atoms with Crippen molar-refractivity contribution in [1.82, 2.24) is 14.1 Å². The Balaban J connectivity index is 1.66. The lowest BCUT2D eigenvalue weighted by Gasteiger charge is -2.35. The van der Waals surface area contributed by atoms with Crippen LogP contribution < -0.4 is 0 Å². The quantitative estimate of drug-likeness (QED) is 0.752. The fourth-order valence-corrected chi connectivity index (χ4v) is 6.45. The largest absolute Gasteiger partial charge is 0.383 e. The van der Waals surface area contributed by atoms with Crippen LogP contribution in [-0.2, 0) is 25.0 Å². The second-order valence-corrected chi connectivity index (χ2v) is 8.98. The van der Waals surface area contributed by atoms with E-state index in [1.807, 2.05) is 12.1 Å². The summed E-state index contributed by atoms with van der Waals surface area (Å²) < 4.78 is 38.4. The van der Waals surface area contributed by atoms with Gasteiger partial charge in [-0.15, -0.1) is 0 Å². The number of urea groups is 1. The molecule has 3 heterocycles. The minimum absolute atomic E-state index is 0.0383. The number of hydrogen-bond donors (Lipinski definition) is 0. The monoisotopic (exact) mass is 395 g/mol. The Morgan fingerprint density at radius 2 is 1.93 bits per heavy atom. The van der Waals surface area contributed by atoms with Gasteiger partial charge in [0.25, 0.3) is 0 Å². The maximum Gasteiger partial charge on any atom is 0.320 e. The Kier molecular flexibility index (Phi) is 4.87. The standard InChI is InChI=1S/C18H25N3O5S/c1-25-11-10-21-18(15-4-2-3-5-16(15)27(21,23)24)6-7-20(14-18)17(22)19-8-12-26-13-9-19/h2-5H,6-14H2,1H3/t18-/m0/s1. The number of methoxy groups -OCH3 is 1. The lowest BCUT2D eigenvalue weighted by molar-refractivity contribution is 0.0437. The molecule has 8 nitrogen and oxygen atoms in total. The van der Waals surface area contributed by atoms with Gasteiger partial charge in [0.05, 0.1) is 30.3 Å². The molecule has 3 aliphatic rings. The molecule has 4 rings (SSSR count). The number of rotatable bonds is 3. The van der Waals surface area contributed by atoms with Crippen LogP contribution in [0.15, 0.2) is 29.2 Å². The number of carbonyl (C=O) groups is 1. The molecule has 2 fully saturated rings. The predicted molar refractivity (Wildman–Crippen MR) is 97.9 cm³/mol. The fraction of sp³-hybridized carbons (Fsp3) is 0.611. The van der Waals surface area contributed by atoms with E-state index in [0.29, 0.717) is 57.3 Å². The molecular weight excluding hydrogens is 370 g/mol. The molecule has 2 saturated heterocycles. The van der Waals surface area contributed by atoms with E-state index in [1.54, 1.807) is 33.3 Å². The summed E-state index contributed by atoms with van der Waals surface area (Å²) in [5, 5.41) is 0. The van der Waals surface area contributed by atoms with E-state index < -0.39 is 15.6 Å². The van der Waals surface area contributed by atoms with Crippen molar-refractivity contribution in [3.8, 4) is 0 Å².